The molecule has 0 unspecified atom stereocenters. The van der Waals surface area contributed by atoms with Crippen molar-refractivity contribution in [1.82, 2.24) is 14.7 Å². The Morgan fingerprint density at radius 2 is 1.62 bits per heavy atom. The van der Waals surface area contributed by atoms with Crippen LogP contribution in [0.25, 0.3) is 0 Å². The Balaban J connectivity index is 1.68. The van der Waals surface area contributed by atoms with Crippen LogP contribution in [0.3, 0.4) is 0 Å². The minimum Gasteiger partial charge on any atom is -0.396 e. The van der Waals surface area contributed by atoms with Crippen LogP contribution in [0.4, 0.5) is 0 Å². The van der Waals surface area contributed by atoms with Gasteiger partial charge in [0.2, 0.25) is 0 Å². The van der Waals surface area contributed by atoms with Crippen molar-refractivity contribution in [2.24, 2.45) is 5.92 Å². The molecule has 5 nitrogen and oxygen atoms in total. The van der Waals surface area contributed by atoms with Gasteiger partial charge < -0.3 is 14.7 Å². The van der Waals surface area contributed by atoms with Crippen LogP contribution in [0.5, 0.6) is 0 Å². The van der Waals surface area contributed by atoms with E-state index in [0.29, 0.717) is 6.61 Å². The first-order valence-electron chi connectivity index (χ1n) is 9.96. The number of aryl methyl sites for hydroxylation is 2. The van der Waals surface area contributed by atoms with E-state index in [1.807, 2.05) is 0 Å². The van der Waals surface area contributed by atoms with E-state index in [4.69, 9.17) is 4.74 Å². The number of hydrogen-bond acceptors (Lipinski definition) is 5. The zero-order valence-electron chi connectivity index (χ0n) is 16.7. The minimum atomic E-state index is 0.206. The van der Waals surface area contributed by atoms with E-state index in [1.54, 1.807) is 0 Å². The summed E-state index contributed by atoms with van der Waals surface area (Å²) in [5.41, 5.74) is 5.64. The predicted molar refractivity (Wildman–Crippen MR) is 105 cm³/mol. The topological polar surface area (TPSA) is 39.2 Å². The Bertz CT molecular complexity index is 585. The van der Waals surface area contributed by atoms with Crippen molar-refractivity contribution in [1.29, 1.82) is 0 Å². The van der Waals surface area contributed by atoms with Gasteiger partial charge in [-0.3, -0.25) is 9.80 Å². The summed E-state index contributed by atoms with van der Waals surface area (Å²) in [6.07, 6.45) is 0. The molecule has 0 radical (unpaired) electrons. The maximum Gasteiger partial charge on any atom is 0.0593 e. The van der Waals surface area contributed by atoms with Gasteiger partial charge in [-0.05, 0) is 43.1 Å². The second-order valence-corrected chi connectivity index (χ2v) is 8.14. The van der Waals surface area contributed by atoms with Gasteiger partial charge in [-0.1, -0.05) is 12.1 Å². The molecule has 1 atom stereocenters. The summed E-state index contributed by atoms with van der Waals surface area (Å²) in [6.45, 7) is 14.6. The molecule has 2 aliphatic rings. The molecule has 0 aliphatic carbocycles. The zero-order valence-corrected chi connectivity index (χ0v) is 16.7. The van der Waals surface area contributed by atoms with Crippen molar-refractivity contribution in [2.45, 2.75) is 26.9 Å². The fraction of sp³-hybridized carbons (Fsp3) is 0.714. The molecule has 2 aliphatic heterocycles. The van der Waals surface area contributed by atoms with Gasteiger partial charge in [0.25, 0.3) is 0 Å². The smallest absolute Gasteiger partial charge is 0.0593 e. The number of rotatable bonds is 5. The molecular weight excluding hydrogens is 326 g/mol. The van der Waals surface area contributed by atoms with Gasteiger partial charge in [-0.2, -0.15) is 0 Å². The second kappa shape index (κ2) is 9.29. The molecule has 1 N–H and O–H groups in total. The SMILES string of the molecule is Cc1cc(C)c(CN2CCOC[C@@H](CO)C2)cc1CN1CCN(C)CC1. The molecule has 2 fully saturated rings. The van der Waals surface area contributed by atoms with Crippen LogP contribution in [0, 0.1) is 19.8 Å². The van der Waals surface area contributed by atoms with E-state index in [-0.39, 0.29) is 12.5 Å². The monoisotopic (exact) mass is 361 g/mol. The summed E-state index contributed by atoms with van der Waals surface area (Å²) in [5.74, 6) is 0.230. The van der Waals surface area contributed by atoms with Crippen molar-refractivity contribution >= 4 is 0 Å². The Morgan fingerprint density at radius 3 is 2.27 bits per heavy atom. The number of benzene rings is 1. The van der Waals surface area contributed by atoms with E-state index in [1.165, 1.54) is 22.3 Å². The molecule has 1 aromatic carbocycles. The third kappa shape index (κ3) is 5.27. The number of ether oxygens (including phenoxy) is 1. The molecule has 0 amide bonds. The van der Waals surface area contributed by atoms with Gasteiger partial charge in [-0.25, -0.2) is 0 Å². The summed E-state index contributed by atoms with van der Waals surface area (Å²) in [7, 11) is 2.21. The van der Waals surface area contributed by atoms with Gasteiger partial charge in [0.05, 0.1) is 13.2 Å². The first-order valence-corrected chi connectivity index (χ1v) is 9.96. The van der Waals surface area contributed by atoms with Crippen molar-refractivity contribution in [3.8, 4) is 0 Å². The molecule has 3 rings (SSSR count). The summed E-state index contributed by atoms with van der Waals surface area (Å²) in [6, 6.07) is 4.77. The second-order valence-electron chi connectivity index (χ2n) is 8.14. The maximum absolute atomic E-state index is 9.52. The first-order chi connectivity index (χ1) is 12.5. The van der Waals surface area contributed by atoms with Crippen molar-refractivity contribution < 1.29 is 9.84 Å². The van der Waals surface area contributed by atoms with Gasteiger partial charge >= 0.3 is 0 Å². The first kappa shape index (κ1) is 19.8. The van der Waals surface area contributed by atoms with Gasteiger partial charge in [0.15, 0.2) is 0 Å². The van der Waals surface area contributed by atoms with Crippen molar-refractivity contribution in [3.63, 3.8) is 0 Å². The van der Waals surface area contributed by atoms with Crippen LogP contribution in [0.2, 0.25) is 0 Å². The van der Waals surface area contributed by atoms with Gasteiger partial charge in [-0.15, -0.1) is 0 Å². The Kier molecular flexibility index (Phi) is 7.06. The minimum absolute atomic E-state index is 0.206. The van der Waals surface area contributed by atoms with Gasteiger partial charge in [0, 0.05) is 64.9 Å². The lowest BCUT2D eigenvalue weighted by atomic mass is 9.98. The van der Waals surface area contributed by atoms with E-state index < -0.39 is 0 Å². The van der Waals surface area contributed by atoms with Crippen molar-refractivity contribution in [3.05, 3.63) is 34.4 Å². The molecule has 5 heteroatoms. The summed E-state index contributed by atoms with van der Waals surface area (Å²) in [5, 5.41) is 9.52. The summed E-state index contributed by atoms with van der Waals surface area (Å²) in [4.78, 5) is 7.41. The molecule has 2 heterocycles. The number of likely N-dealkylation sites (N-methyl/N-ethyl adjacent to an activating group) is 1. The summed E-state index contributed by atoms with van der Waals surface area (Å²) >= 11 is 0. The molecule has 146 valence electrons. The number of hydrogen-bond donors (Lipinski definition) is 1. The third-order valence-electron chi connectivity index (χ3n) is 5.86. The molecule has 26 heavy (non-hydrogen) atoms. The molecule has 0 bridgehead atoms. The molecule has 0 saturated carbocycles. The van der Waals surface area contributed by atoms with Crippen LogP contribution in [-0.4, -0.2) is 85.9 Å². The van der Waals surface area contributed by atoms with Crippen LogP contribution in [-0.2, 0) is 17.8 Å². The highest BCUT2D eigenvalue weighted by atomic mass is 16.5. The van der Waals surface area contributed by atoms with Crippen molar-refractivity contribution in [2.75, 3.05) is 66.1 Å². The van der Waals surface area contributed by atoms with Crippen LogP contribution in [0.15, 0.2) is 12.1 Å². The molecule has 2 saturated heterocycles. The zero-order chi connectivity index (χ0) is 18.5. The fourth-order valence-electron chi connectivity index (χ4n) is 3.98. The lowest BCUT2D eigenvalue weighted by Crippen LogP contribution is -2.44. The Hall–Kier alpha value is -0.980. The number of piperazine rings is 1. The Labute approximate surface area is 158 Å². The predicted octanol–water partition coefficient (Wildman–Crippen LogP) is 1.49. The van der Waals surface area contributed by atoms with E-state index in [2.05, 4.69) is 47.7 Å². The molecule has 0 aromatic heterocycles. The standard InChI is InChI=1S/C21H35N3O2/c1-17-10-18(2)21(14-24-8-9-26-16-19(12-24)15-25)11-20(17)13-23-6-4-22(3)5-7-23/h10-11,19,25H,4-9,12-16H2,1-3H3/t19-/m1/s1. The highest BCUT2D eigenvalue weighted by Crippen LogP contribution is 2.21. The van der Waals surface area contributed by atoms with Gasteiger partial charge in [0.1, 0.15) is 0 Å². The van der Waals surface area contributed by atoms with Crippen LogP contribution in [0.1, 0.15) is 22.3 Å². The highest BCUT2D eigenvalue weighted by Gasteiger charge is 2.20. The number of aliphatic hydroxyl groups excluding tert-OH is 1. The largest absolute Gasteiger partial charge is 0.396 e. The van der Waals surface area contributed by atoms with Crippen LogP contribution >= 0.6 is 0 Å². The normalized spacial score (nSPS) is 23.9. The highest BCUT2D eigenvalue weighted by molar-refractivity contribution is 5.37. The Morgan fingerprint density at radius 1 is 0.962 bits per heavy atom. The van der Waals surface area contributed by atoms with E-state index in [0.717, 1.165) is 59.0 Å². The molecular formula is C21H35N3O2. The lowest BCUT2D eigenvalue weighted by molar-refractivity contribution is 0.0958. The fourth-order valence-corrected chi connectivity index (χ4v) is 3.98. The third-order valence-corrected chi connectivity index (χ3v) is 5.86. The average Bonchev–Trinajstić information content (AvgIpc) is 2.86. The molecule has 0 spiro atoms. The quantitative estimate of drug-likeness (QED) is 0.860. The van der Waals surface area contributed by atoms with Crippen LogP contribution < -0.4 is 0 Å². The maximum atomic E-state index is 9.52. The average molecular weight is 362 g/mol. The lowest BCUT2D eigenvalue weighted by Gasteiger charge is -2.33. The number of aliphatic hydroxyl groups is 1. The number of nitrogens with zero attached hydrogens (tertiary/aromatic N) is 3. The molecule has 1 aromatic rings. The van der Waals surface area contributed by atoms with E-state index >= 15 is 0 Å². The summed E-state index contributed by atoms with van der Waals surface area (Å²) < 4.78 is 5.64. The van der Waals surface area contributed by atoms with E-state index in [9.17, 15) is 5.11 Å².